The van der Waals surface area contributed by atoms with Gasteiger partial charge in [-0.05, 0) is 51.4 Å². The number of unbranched alkanes of at least 4 members (excludes halogenated alkanes) is 35. The highest BCUT2D eigenvalue weighted by atomic mass is 16.5. The van der Waals surface area contributed by atoms with Crippen molar-refractivity contribution in [3.63, 3.8) is 0 Å². The van der Waals surface area contributed by atoms with Crippen molar-refractivity contribution >= 4 is 11.9 Å². The Bertz CT molecular complexity index is 863. The lowest BCUT2D eigenvalue weighted by molar-refractivity contribution is -0.143. The second-order valence-corrected chi connectivity index (χ2v) is 17.9. The highest BCUT2D eigenvalue weighted by molar-refractivity contribution is 5.76. The van der Waals surface area contributed by atoms with E-state index in [-0.39, 0.29) is 18.5 Å². The molecule has 0 aliphatic heterocycles. The average Bonchev–Trinajstić information content (AvgIpc) is 3.22. The molecular formula is C52H101NO5. The third-order valence-electron chi connectivity index (χ3n) is 12.1. The lowest BCUT2D eigenvalue weighted by Gasteiger charge is -2.22. The minimum atomic E-state index is -0.670. The number of rotatable bonds is 48. The van der Waals surface area contributed by atoms with Gasteiger partial charge >= 0.3 is 5.97 Å². The van der Waals surface area contributed by atoms with Gasteiger partial charge in [-0.2, -0.15) is 0 Å². The van der Waals surface area contributed by atoms with E-state index in [0.29, 0.717) is 25.9 Å². The van der Waals surface area contributed by atoms with Gasteiger partial charge in [0.2, 0.25) is 5.91 Å². The minimum Gasteiger partial charge on any atom is -0.466 e. The van der Waals surface area contributed by atoms with E-state index in [4.69, 9.17) is 4.74 Å². The first-order valence-corrected chi connectivity index (χ1v) is 25.9. The van der Waals surface area contributed by atoms with Crippen LogP contribution in [0.2, 0.25) is 0 Å². The van der Waals surface area contributed by atoms with Gasteiger partial charge in [0.25, 0.3) is 0 Å². The summed E-state index contributed by atoms with van der Waals surface area (Å²) in [5.74, 6) is -0.0468. The molecule has 0 radical (unpaired) electrons. The maximum atomic E-state index is 12.4. The zero-order valence-corrected chi connectivity index (χ0v) is 39.0. The van der Waals surface area contributed by atoms with Crippen molar-refractivity contribution in [1.29, 1.82) is 0 Å². The van der Waals surface area contributed by atoms with E-state index in [1.807, 2.05) is 0 Å². The molecule has 0 saturated heterocycles. The maximum Gasteiger partial charge on any atom is 0.305 e. The Labute approximate surface area is 361 Å². The molecule has 6 nitrogen and oxygen atoms in total. The predicted molar refractivity (Wildman–Crippen MR) is 250 cm³/mol. The molecule has 1 amide bonds. The van der Waals surface area contributed by atoms with Crippen molar-refractivity contribution in [3.05, 3.63) is 12.2 Å². The first kappa shape index (κ1) is 56.6. The Morgan fingerprint density at radius 2 is 0.810 bits per heavy atom. The summed E-state index contributed by atoms with van der Waals surface area (Å²) in [7, 11) is 0. The van der Waals surface area contributed by atoms with Crippen LogP contribution in [0.4, 0.5) is 0 Å². The van der Waals surface area contributed by atoms with Crippen LogP contribution in [0.25, 0.3) is 0 Å². The van der Waals surface area contributed by atoms with Gasteiger partial charge in [-0.1, -0.05) is 231 Å². The van der Waals surface area contributed by atoms with Crippen molar-refractivity contribution in [2.45, 2.75) is 296 Å². The molecule has 58 heavy (non-hydrogen) atoms. The zero-order chi connectivity index (χ0) is 42.3. The average molecular weight is 820 g/mol. The second kappa shape index (κ2) is 48.3. The number of carbonyl (C=O) groups is 2. The van der Waals surface area contributed by atoms with Gasteiger partial charge in [-0.15, -0.1) is 0 Å². The summed E-state index contributed by atoms with van der Waals surface area (Å²) in [6, 6.07) is -0.549. The fraction of sp³-hybridized carbons (Fsp3) is 0.923. The third kappa shape index (κ3) is 44.2. The molecule has 0 heterocycles. The molecule has 0 rings (SSSR count). The molecule has 344 valence electrons. The minimum absolute atomic E-state index is 0.00263. The number of hydrogen-bond acceptors (Lipinski definition) is 5. The molecule has 0 aliphatic carbocycles. The standard InChI is InChI=1S/C52H101NO5/c1-3-5-7-9-11-13-15-25-28-32-36-40-44-50(55)49(48-54)53-51(56)45-41-37-33-29-26-22-20-18-16-17-19-21-23-27-31-35-39-43-47-58-52(57)46-42-38-34-30-24-14-12-10-8-6-4-2/h18,20,49-50,54-55H,3-17,19,21-48H2,1-2H3,(H,53,56)/b20-18-. The summed E-state index contributed by atoms with van der Waals surface area (Å²) < 4.78 is 5.45. The van der Waals surface area contributed by atoms with E-state index >= 15 is 0 Å². The molecule has 0 aromatic carbocycles. The van der Waals surface area contributed by atoms with Gasteiger partial charge in [-0.3, -0.25) is 9.59 Å². The fourth-order valence-corrected chi connectivity index (χ4v) is 8.05. The molecular weight excluding hydrogens is 719 g/mol. The Morgan fingerprint density at radius 3 is 1.22 bits per heavy atom. The molecule has 0 aromatic rings. The Balaban J connectivity index is 3.44. The number of aliphatic hydroxyl groups excluding tert-OH is 2. The summed E-state index contributed by atoms with van der Waals surface area (Å²) >= 11 is 0. The van der Waals surface area contributed by atoms with Crippen LogP contribution in [-0.2, 0) is 14.3 Å². The van der Waals surface area contributed by atoms with Crippen molar-refractivity contribution in [2.75, 3.05) is 13.2 Å². The van der Waals surface area contributed by atoms with E-state index < -0.39 is 12.1 Å². The summed E-state index contributed by atoms with van der Waals surface area (Å²) in [6.07, 6.45) is 54.7. The molecule has 0 aliphatic rings. The molecule has 6 heteroatoms. The second-order valence-electron chi connectivity index (χ2n) is 17.9. The SMILES string of the molecule is CCCCCCCCCCCCCCC(O)C(CO)NC(=O)CCCCCCC/C=C\CCCCCCCCCCCOC(=O)CCCCCCCCCCCCC. The monoisotopic (exact) mass is 820 g/mol. The molecule has 2 unspecified atom stereocenters. The van der Waals surface area contributed by atoms with Crippen molar-refractivity contribution < 1.29 is 24.5 Å². The van der Waals surface area contributed by atoms with Crippen molar-refractivity contribution in [3.8, 4) is 0 Å². The number of hydrogen-bond donors (Lipinski definition) is 3. The van der Waals surface area contributed by atoms with E-state index in [1.165, 1.54) is 193 Å². The van der Waals surface area contributed by atoms with Gasteiger partial charge in [0.15, 0.2) is 0 Å². The van der Waals surface area contributed by atoms with E-state index in [0.717, 1.165) is 57.8 Å². The molecule has 0 fully saturated rings. The predicted octanol–water partition coefficient (Wildman–Crippen LogP) is 15.3. The van der Waals surface area contributed by atoms with Crippen LogP contribution in [0.3, 0.4) is 0 Å². The fourth-order valence-electron chi connectivity index (χ4n) is 8.05. The number of nitrogens with one attached hydrogen (secondary N) is 1. The smallest absolute Gasteiger partial charge is 0.305 e. The van der Waals surface area contributed by atoms with Crippen LogP contribution < -0.4 is 5.32 Å². The van der Waals surface area contributed by atoms with E-state index in [1.54, 1.807) is 0 Å². The van der Waals surface area contributed by atoms with Gasteiger partial charge in [0.05, 0.1) is 25.4 Å². The van der Waals surface area contributed by atoms with Crippen LogP contribution >= 0.6 is 0 Å². The number of carbonyl (C=O) groups excluding carboxylic acids is 2. The number of allylic oxidation sites excluding steroid dienone is 2. The Kier molecular flexibility index (Phi) is 47.1. The topological polar surface area (TPSA) is 95.9 Å². The quantitative estimate of drug-likeness (QED) is 0.0323. The molecule has 0 bridgehead atoms. The number of aliphatic hydroxyl groups is 2. The van der Waals surface area contributed by atoms with Crippen LogP contribution in [0.15, 0.2) is 12.2 Å². The first-order valence-electron chi connectivity index (χ1n) is 25.9. The molecule has 2 atom stereocenters. The van der Waals surface area contributed by atoms with Gasteiger partial charge < -0.3 is 20.3 Å². The van der Waals surface area contributed by atoms with Crippen LogP contribution in [0, 0.1) is 0 Å². The van der Waals surface area contributed by atoms with Gasteiger partial charge in [-0.25, -0.2) is 0 Å². The number of amides is 1. The van der Waals surface area contributed by atoms with Gasteiger partial charge in [0, 0.05) is 12.8 Å². The van der Waals surface area contributed by atoms with Gasteiger partial charge in [0.1, 0.15) is 0 Å². The van der Waals surface area contributed by atoms with Crippen LogP contribution in [0.1, 0.15) is 284 Å². The zero-order valence-electron chi connectivity index (χ0n) is 39.0. The third-order valence-corrected chi connectivity index (χ3v) is 12.1. The summed E-state index contributed by atoms with van der Waals surface area (Å²) in [5.41, 5.74) is 0. The van der Waals surface area contributed by atoms with Crippen LogP contribution in [0.5, 0.6) is 0 Å². The molecule has 0 saturated carbocycles. The highest BCUT2D eigenvalue weighted by Crippen LogP contribution is 2.16. The Morgan fingerprint density at radius 1 is 0.466 bits per heavy atom. The first-order chi connectivity index (χ1) is 28.5. The van der Waals surface area contributed by atoms with Crippen LogP contribution in [-0.4, -0.2) is 47.4 Å². The maximum absolute atomic E-state index is 12.4. The molecule has 3 N–H and O–H groups in total. The number of ether oxygens (including phenoxy) is 1. The normalized spacial score (nSPS) is 12.7. The highest BCUT2D eigenvalue weighted by Gasteiger charge is 2.20. The van der Waals surface area contributed by atoms with E-state index in [2.05, 4.69) is 31.3 Å². The summed E-state index contributed by atoms with van der Waals surface area (Å²) in [4.78, 5) is 24.4. The summed E-state index contributed by atoms with van der Waals surface area (Å²) in [6.45, 7) is 4.93. The number of esters is 1. The molecule has 0 spiro atoms. The van der Waals surface area contributed by atoms with Crippen molar-refractivity contribution in [2.24, 2.45) is 0 Å². The van der Waals surface area contributed by atoms with E-state index in [9.17, 15) is 19.8 Å². The largest absolute Gasteiger partial charge is 0.466 e. The molecule has 0 aromatic heterocycles. The van der Waals surface area contributed by atoms with Crippen molar-refractivity contribution in [1.82, 2.24) is 5.32 Å². The Hall–Kier alpha value is -1.40. The summed E-state index contributed by atoms with van der Waals surface area (Å²) in [5, 5.41) is 23.1. The lowest BCUT2D eigenvalue weighted by atomic mass is 10.0. The lowest BCUT2D eigenvalue weighted by Crippen LogP contribution is -2.45.